The van der Waals surface area contributed by atoms with Crippen molar-refractivity contribution in [1.82, 2.24) is 10.3 Å². The standard InChI is InChI=1S/C21H22N4O4/c26-21(22-8-7-15-14-23-19-4-2-1-3-17(15)19)18-13-16(25(27)28)5-6-20(18)24-9-11-29-12-10-24/h1-6,13-14,23H,7-12H2,(H,22,26). The minimum absolute atomic E-state index is 0.0937. The summed E-state index contributed by atoms with van der Waals surface area (Å²) in [5.74, 6) is -0.310. The van der Waals surface area contributed by atoms with Crippen LogP contribution in [0.4, 0.5) is 11.4 Å². The largest absolute Gasteiger partial charge is 0.378 e. The van der Waals surface area contributed by atoms with E-state index >= 15 is 0 Å². The molecule has 4 rings (SSSR count). The van der Waals surface area contributed by atoms with Crippen molar-refractivity contribution in [3.8, 4) is 0 Å². The van der Waals surface area contributed by atoms with Crippen LogP contribution >= 0.6 is 0 Å². The number of hydrogen-bond acceptors (Lipinski definition) is 5. The number of nitro benzene ring substituents is 1. The van der Waals surface area contributed by atoms with E-state index in [1.54, 1.807) is 6.07 Å². The first kappa shape index (κ1) is 18.9. The van der Waals surface area contributed by atoms with Crippen molar-refractivity contribution < 1.29 is 14.5 Å². The Morgan fingerprint density at radius 3 is 2.79 bits per heavy atom. The summed E-state index contributed by atoms with van der Waals surface area (Å²) in [5, 5.41) is 15.2. The van der Waals surface area contributed by atoms with Crippen LogP contribution in [0.3, 0.4) is 0 Å². The number of nitrogens with one attached hydrogen (secondary N) is 2. The Balaban J connectivity index is 1.50. The van der Waals surface area contributed by atoms with Crippen molar-refractivity contribution in [2.45, 2.75) is 6.42 Å². The van der Waals surface area contributed by atoms with Crippen LogP contribution in [-0.2, 0) is 11.2 Å². The number of hydrogen-bond donors (Lipinski definition) is 2. The predicted octanol–water partition coefficient (Wildman–Crippen LogP) is 2.89. The molecule has 8 heteroatoms. The molecule has 29 heavy (non-hydrogen) atoms. The molecule has 8 nitrogen and oxygen atoms in total. The average molecular weight is 394 g/mol. The molecule has 0 atom stereocenters. The lowest BCUT2D eigenvalue weighted by Gasteiger charge is -2.30. The summed E-state index contributed by atoms with van der Waals surface area (Å²) in [5.41, 5.74) is 3.10. The lowest BCUT2D eigenvalue weighted by atomic mass is 10.1. The first-order chi connectivity index (χ1) is 14.1. The van der Waals surface area contributed by atoms with Gasteiger partial charge in [-0.05, 0) is 24.1 Å². The number of nitrogens with zero attached hydrogens (tertiary/aromatic N) is 2. The number of amides is 1. The Kier molecular flexibility index (Phi) is 5.44. The monoisotopic (exact) mass is 394 g/mol. The quantitative estimate of drug-likeness (QED) is 0.495. The second-order valence-electron chi connectivity index (χ2n) is 6.92. The fourth-order valence-electron chi connectivity index (χ4n) is 3.64. The highest BCUT2D eigenvalue weighted by Gasteiger charge is 2.22. The van der Waals surface area contributed by atoms with Crippen molar-refractivity contribution in [1.29, 1.82) is 0 Å². The van der Waals surface area contributed by atoms with Crippen LogP contribution in [0.5, 0.6) is 0 Å². The van der Waals surface area contributed by atoms with E-state index in [1.165, 1.54) is 12.1 Å². The number of para-hydroxylation sites is 1. The number of anilines is 1. The molecule has 3 aromatic rings. The van der Waals surface area contributed by atoms with Gasteiger partial charge in [0.15, 0.2) is 0 Å². The van der Waals surface area contributed by atoms with Crippen LogP contribution in [0.2, 0.25) is 0 Å². The van der Waals surface area contributed by atoms with Gasteiger partial charge in [0.05, 0.1) is 29.4 Å². The van der Waals surface area contributed by atoms with E-state index < -0.39 is 4.92 Å². The van der Waals surface area contributed by atoms with Gasteiger partial charge in [0, 0.05) is 48.9 Å². The second kappa shape index (κ2) is 8.32. The van der Waals surface area contributed by atoms with Gasteiger partial charge in [0.25, 0.3) is 11.6 Å². The summed E-state index contributed by atoms with van der Waals surface area (Å²) in [6.45, 7) is 2.87. The number of carbonyl (C=O) groups is 1. The predicted molar refractivity (Wildman–Crippen MR) is 110 cm³/mol. The van der Waals surface area contributed by atoms with Crippen LogP contribution < -0.4 is 10.2 Å². The molecule has 1 aromatic heterocycles. The number of ether oxygens (including phenoxy) is 1. The summed E-state index contributed by atoms with van der Waals surface area (Å²) in [6.07, 6.45) is 2.61. The number of nitro groups is 1. The van der Waals surface area contributed by atoms with Gasteiger partial charge < -0.3 is 19.9 Å². The smallest absolute Gasteiger partial charge is 0.270 e. The van der Waals surface area contributed by atoms with Crippen molar-refractivity contribution in [3.05, 3.63) is 69.9 Å². The normalized spacial score (nSPS) is 14.1. The summed E-state index contributed by atoms with van der Waals surface area (Å²) in [4.78, 5) is 28.8. The molecule has 0 bridgehead atoms. The van der Waals surface area contributed by atoms with Crippen LogP contribution in [0.25, 0.3) is 10.9 Å². The van der Waals surface area contributed by atoms with Crippen LogP contribution in [0, 0.1) is 10.1 Å². The highest BCUT2D eigenvalue weighted by Crippen LogP contribution is 2.26. The number of fused-ring (bicyclic) bond motifs is 1. The van der Waals surface area contributed by atoms with Gasteiger partial charge >= 0.3 is 0 Å². The molecular weight excluding hydrogens is 372 g/mol. The van der Waals surface area contributed by atoms with E-state index in [9.17, 15) is 14.9 Å². The number of non-ortho nitro benzene ring substituents is 1. The summed E-state index contributed by atoms with van der Waals surface area (Å²) >= 11 is 0. The Morgan fingerprint density at radius 1 is 1.21 bits per heavy atom. The Labute approximate surface area is 167 Å². The highest BCUT2D eigenvalue weighted by atomic mass is 16.6. The summed E-state index contributed by atoms with van der Waals surface area (Å²) in [7, 11) is 0. The van der Waals surface area contributed by atoms with Gasteiger partial charge in [0.1, 0.15) is 0 Å². The number of morpholine rings is 1. The van der Waals surface area contributed by atoms with Gasteiger partial charge in [-0.25, -0.2) is 0 Å². The number of benzene rings is 2. The number of aromatic nitrogens is 1. The molecule has 1 fully saturated rings. The Hall–Kier alpha value is -3.39. The second-order valence-corrected chi connectivity index (χ2v) is 6.92. The number of aromatic amines is 1. The summed E-state index contributed by atoms with van der Waals surface area (Å²) < 4.78 is 5.37. The average Bonchev–Trinajstić information content (AvgIpc) is 3.17. The summed E-state index contributed by atoms with van der Waals surface area (Å²) in [6, 6.07) is 12.4. The molecule has 150 valence electrons. The zero-order chi connectivity index (χ0) is 20.2. The van der Waals surface area contributed by atoms with Crippen LogP contribution in [0.15, 0.2) is 48.7 Å². The molecule has 0 spiro atoms. The van der Waals surface area contributed by atoms with Crippen LogP contribution in [0.1, 0.15) is 15.9 Å². The lowest BCUT2D eigenvalue weighted by Crippen LogP contribution is -2.38. The Morgan fingerprint density at radius 2 is 2.00 bits per heavy atom. The van der Waals surface area contributed by atoms with E-state index in [-0.39, 0.29) is 11.6 Å². The lowest BCUT2D eigenvalue weighted by molar-refractivity contribution is -0.384. The third kappa shape index (κ3) is 4.07. The molecule has 1 aliphatic heterocycles. The fourth-order valence-corrected chi connectivity index (χ4v) is 3.64. The van der Waals surface area contributed by atoms with E-state index in [0.717, 1.165) is 16.5 Å². The molecule has 0 saturated carbocycles. The van der Waals surface area contributed by atoms with Crippen molar-refractivity contribution >= 4 is 28.2 Å². The number of rotatable bonds is 6. The first-order valence-electron chi connectivity index (χ1n) is 9.58. The van der Waals surface area contributed by atoms with Gasteiger partial charge in [-0.15, -0.1) is 0 Å². The molecule has 2 N–H and O–H groups in total. The zero-order valence-electron chi connectivity index (χ0n) is 15.9. The van der Waals surface area contributed by atoms with Crippen molar-refractivity contribution in [2.24, 2.45) is 0 Å². The molecule has 1 saturated heterocycles. The minimum atomic E-state index is -0.480. The molecular formula is C21H22N4O4. The first-order valence-corrected chi connectivity index (χ1v) is 9.58. The molecule has 0 unspecified atom stereocenters. The van der Waals surface area contributed by atoms with Gasteiger partial charge in [-0.2, -0.15) is 0 Å². The molecule has 0 aliphatic carbocycles. The molecule has 1 aliphatic rings. The third-order valence-corrected chi connectivity index (χ3v) is 5.14. The molecule has 2 aromatic carbocycles. The highest BCUT2D eigenvalue weighted by molar-refractivity contribution is 6.00. The van der Waals surface area contributed by atoms with Crippen LogP contribution in [-0.4, -0.2) is 48.7 Å². The van der Waals surface area contributed by atoms with E-state index in [1.807, 2.05) is 35.4 Å². The maximum atomic E-state index is 12.9. The van der Waals surface area contributed by atoms with Crippen molar-refractivity contribution in [2.75, 3.05) is 37.7 Å². The molecule has 1 amide bonds. The fraction of sp³-hybridized carbons (Fsp3) is 0.286. The number of carbonyl (C=O) groups excluding carboxylic acids is 1. The number of H-pyrrole nitrogens is 1. The molecule has 0 radical (unpaired) electrons. The van der Waals surface area contributed by atoms with Crippen molar-refractivity contribution in [3.63, 3.8) is 0 Å². The van der Waals surface area contributed by atoms with E-state index in [2.05, 4.69) is 10.3 Å². The van der Waals surface area contributed by atoms with Gasteiger partial charge in [-0.3, -0.25) is 14.9 Å². The van der Waals surface area contributed by atoms with Gasteiger partial charge in [0.2, 0.25) is 0 Å². The topological polar surface area (TPSA) is 100 Å². The zero-order valence-corrected chi connectivity index (χ0v) is 15.9. The minimum Gasteiger partial charge on any atom is -0.378 e. The van der Waals surface area contributed by atoms with E-state index in [0.29, 0.717) is 50.5 Å². The third-order valence-electron chi connectivity index (χ3n) is 5.14. The maximum Gasteiger partial charge on any atom is 0.270 e. The Bertz CT molecular complexity index is 1040. The SMILES string of the molecule is O=C(NCCc1c[nH]c2ccccc12)c1cc([N+](=O)[O-])ccc1N1CCOCC1. The maximum absolute atomic E-state index is 12.9. The molecule has 2 heterocycles. The van der Waals surface area contributed by atoms with Gasteiger partial charge in [-0.1, -0.05) is 18.2 Å². The van der Waals surface area contributed by atoms with E-state index in [4.69, 9.17) is 4.74 Å².